The minimum Gasteiger partial charge on any atom is -0.368 e. The van der Waals surface area contributed by atoms with E-state index in [4.69, 9.17) is 0 Å². The fraction of sp³-hybridized carbons (Fsp3) is 0.286. The number of benzene rings is 2. The van der Waals surface area contributed by atoms with E-state index in [1.54, 1.807) is 16.4 Å². The molecule has 0 radical (unpaired) electrons. The maximum atomic E-state index is 12.9. The molecule has 6 heteroatoms. The van der Waals surface area contributed by atoms with Gasteiger partial charge in [-0.15, -0.1) is 0 Å². The van der Waals surface area contributed by atoms with Gasteiger partial charge in [-0.3, -0.25) is 4.98 Å². The molecule has 27 heavy (non-hydrogen) atoms. The number of para-hydroxylation sites is 1. The number of rotatable bonds is 3. The van der Waals surface area contributed by atoms with E-state index in [9.17, 15) is 8.42 Å². The Balaban J connectivity index is 1.57. The number of hydrogen-bond acceptors (Lipinski definition) is 4. The van der Waals surface area contributed by atoms with Gasteiger partial charge in [0.25, 0.3) is 0 Å². The van der Waals surface area contributed by atoms with Crippen LogP contribution in [-0.2, 0) is 10.0 Å². The molecule has 1 fully saturated rings. The third-order valence-electron chi connectivity index (χ3n) is 5.06. The second kappa shape index (κ2) is 6.94. The van der Waals surface area contributed by atoms with Crippen molar-refractivity contribution in [2.45, 2.75) is 18.7 Å². The van der Waals surface area contributed by atoms with Crippen LogP contribution in [0.5, 0.6) is 0 Å². The summed E-state index contributed by atoms with van der Waals surface area (Å²) in [4.78, 5) is 7.23. The molecular weight excluding hydrogens is 358 g/mol. The fourth-order valence-corrected chi connectivity index (χ4v) is 5.00. The van der Waals surface area contributed by atoms with Crippen LogP contribution < -0.4 is 4.90 Å². The standard InChI is InChI=1S/C21H23N3O2S/c1-16-7-9-18(10-8-16)27(25,26)24-13-11-23(12-14-24)21-15-17(2)22-20-6-4-3-5-19(20)21/h3-10,15H,11-14H2,1-2H3. The molecule has 1 saturated heterocycles. The summed E-state index contributed by atoms with van der Waals surface area (Å²) in [5.41, 5.74) is 4.13. The molecule has 0 N–H and O–H groups in total. The van der Waals surface area contributed by atoms with Crippen molar-refractivity contribution in [2.24, 2.45) is 0 Å². The summed E-state index contributed by atoms with van der Waals surface area (Å²) < 4.78 is 27.4. The summed E-state index contributed by atoms with van der Waals surface area (Å²) in [6.07, 6.45) is 0. The Hall–Kier alpha value is -2.44. The van der Waals surface area contributed by atoms with Crippen molar-refractivity contribution in [3.8, 4) is 0 Å². The molecule has 0 unspecified atom stereocenters. The summed E-state index contributed by atoms with van der Waals surface area (Å²) in [5.74, 6) is 0. The van der Waals surface area contributed by atoms with Gasteiger partial charge in [0.05, 0.1) is 10.4 Å². The van der Waals surface area contributed by atoms with Gasteiger partial charge in [-0.2, -0.15) is 4.31 Å². The monoisotopic (exact) mass is 381 g/mol. The van der Waals surface area contributed by atoms with E-state index >= 15 is 0 Å². The Morgan fingerprint density at radius 3 is 2.26 bits per heavy atom. The minimum atomic E-state index is -3.44. The lowest BCUT2D eigenvalue weighted by molar-refractivity contribution is 0.385. The molecule has 2 aromatic carbocycles. The molecule has 0 saturated carbocycles. The molecule has 140 valence electrons. The van der Waals surface area contributed by atoms with Gasteiger partial charge in [0.1, 0.15) is 0 Å². The van der Waals surface area contributed by atoms with Crippen LogP contribution in [0, 0.1) is 13.8 Å². The summed E-state index contributed by atoms with van der Waals surface area (Å²) in [6.45, 7) is 6.24. The molecule has 0 atom stereocenters. The minimum absolute atomic E-state index is 0.367. The molecule has 3 aromatic rings. The van der Waals surface area contributed by atoms with E-state index in [0.717, 1.165) is 27.8 Å². The quantitative estimate of drug-likeness (QED) is 0.698. The van der Waals surface area contributed by atoms with Crippen molar-refractivity contribution in [2.75, 3.05) is 31.1 Å². The number of sulfonamides is 1. The van der Waals surface area contributed by atoms with Crippen LogP contribution in [-0.4, -0.2) is 43.9 Å². The summed E-state index contributed by atoms with van der Waals surface area (Å²) in [5, 5.41) is 1.11. The normalized spacial score (nSPS) is 16.0. The average molecular weight is 382 g/mol. The zero-order valence-electron chi connectivity index (χ0n) is 15.6. The second-order valence-electron chi connectivity index (χ2n) is 7.00. The largest absolute Gasteiger partial charge is 0.368 e. The van der Waals surface area contributed by atoms with E-state index in [1.807, 2.05) is 44.2 Å². The molecule has 5 nitrogen and oxygen atoms in total. The molecule has 1 aromatic heterocycles. The van der Waals surface area contributed by atoms with Crippen LogP contribution in [0.15, 0.2) is 59.5 Å². The molecule has 2 heterocycles. The fourth-order valence-electron chi connectivity index (χ4n) is 3.58. The third-order valence-corrected chi connectivity index (χ3v) is 6.97. The molecule has 0 bridgehead atoms. The van der Waals surface area contributed by atoms with Crippen molar-refractivity contribution < 1.29 is 8.42 Å². The molecule has 1 aliphatic heterocycles. The van der Waals surface area contributed by atoms with Crippen LogP contribution in [0.1, 0.15) is 11.3 Å². The predicted molar refractivity (Wildman–Crippen MR) is 109 cm³/mol. The second-order valence-corrected chi connectivity index (χ2v) is 8.94. The van der Waals surface area contributed by atoms with Crippen LogP contribution >= 0.6 is 0 Å². The van der Waals surface area contributed by atoms with Crippen molar-refractivity contribution in [1.29, 1.82) is 0 Å². The van der Waals surface area contributed by atoms with Crippen molar-refractivity contribution in [3.05, 3.63) is 65.9 Å². The van der Waals surface area contributed by atoms with Crippen molar-refractivity contribution in [1.82, 2.24) is 9.29 Å². The van der Waals surface area contributed by atoms with Crippen LogP contribution in [0.2, 0.25) is 0 Å². The Labute approximate surface area is 160 Å². The summed E-state index contributed by atoms with van der Waals surface area (Å²) >= 11 is 0. The third kappa shape index (κ3) is 3.42. The average Bonchev–Trinajstić information content (AvgIpc) is 2.68. The van der Waals surface area contributed by atoms with Gasteiger partial charge in [-0.25, -0.2) is 8.42 Å². The van der Waals surface area contributed by atoms with E-state index in [1.165, 1.54) is 0 Å². The van der Waals surface area contributed by atoms with E-state index < -0.39 is 10.0 Å². The van der Waals surface area contributed by atoms with Gasteiger partial charge in [-0.1, -0.05) is 35.9 Å². The van der Waals surface area contributed by atoms with E-state index in [-0.39, 0.29) is 0 Å². The zero-order valence-corrected chi connectivity index (χ0v) is 16.4. The Kier molecular flexibility index (Phi) is 4.61. The van der Waals surface area contributed by atoms with E-state index in [0.29, 0.717) is 31.1 Å². The van der Waals surface area contributed by atoms with Crippen LogP contribution in [0.25, 0.3) is 10.9 Å². The highest BCUT2D eigenvalue weighted by Crippen LogP contribution is 2.28. The first-order valence-electron chi connectivity index (χ1n) is 9.13. The number of nitrogens with zero attached hydrogens (tertiary/aromatic N) is 3. The number of piperazine rings is 1. The first-order chi connectivity index (χ1) is 12.9. The van der Waals surface area contributed by atoms with E-state index in [2.05, 4.69) is 22.0 Å². The van der Waals surface area contributed by atoms with Gasteiger partial charge in [-0.05, 0) is 38.1 Å². The van der Waals surface area contributed by atoms with Crippen molar-refractivity contribution in [3.63, 3.8) is 0 Å². The summed E-state index contributed by atoms with van der Waals surface area (Å²) in [7, 11) is -3.44. The smallest absolute Gasteiger partial charge is 0.243 e. The molecule has 0 spiro atoms. The number of anilines is 1. The maximum absolute atomic E-state index is 12.9. The molecule has 0 aliphatic carbocycles. The molecule has 4 rings (SSSR count). The van der Waals surface area contributed by atoms with Gasteiger partial charge < -0.3 is 4.90 Å². The highest BCUT2D eigenvalue weighted by molar-refractivity contribution is 7.89. The number of fused-ring (bicyclic) bond motifs is 1. The highest BCUT2D eigenvalue weighted by Gasteiger charge is 2.29. The lowest BCUT2D eigenvalue weighted by Crippen LogP contribution is -2.48. The molecule has 0 amide bonds. The Morgan fingerprint density at radius 1 is 0.889 bits per heavy atom. The number of aryl methyl sites for hydroxylation is 2. The van der Waals surface area contributed by atoms with Crippen molar-refractivity contribution >= 4 is 26.6 Å². The maximum Gasteiger partial charge on any atom is 0.243 e. The Bertz CT molecular complexity index is 1070. The lowest BCUT2D eigenvalue weighted by Gasteiger charge is -2.36. The van der Waals surface area contributed by atoms with Gasteiger partial charge in [0.2, 0.25) is 10.0 Å². The van der Waals surface area contributed by atoms with Gasteiger partial charge in [0, 0.05) is 42.9 Å². The zero-order chi connectivity index (χ0) is 19.0. The first kappa shape index (κ1) is 17.9. The molecular formula is C21H23N3O2S. The number of hydrogen-bond donors (Lipinski definition) is 0. The van der Waals surface area contributed by atoms with Gasteiger partial charge >= 0.3 is 0 Å². The van der Waals surface area contributed by atoms with Crippen LogP contribution in [0.4, 0.5) is 5.69 Å². The van der Waals surface area contributed by atoms with Gasteiger partial charge in [0.15, 0.2) is 0 Å². The first-order valence-corrected chi connectivity index (χ1v) is 10.6. The Morgan fingerprint density at radius 2 is 1.56 bits per heavy atom. The SMILES string of the molecule is Cc1ccc(S(=O)(=O)N2CCN(c3cc(C)nc4ccccc34)CC2)cc1. The lowest BCUT2D eigenvalue weighted by atomic mass is 10.1. The number of pyridine rings is 1. The highest BCUT2D eigenvalue weighted by atomic mass is 32.2. The topological polar surface area (TPSA) is 53.5 Å². The summed E-state index contributed by atoms with van der Waals surface area (Å²) in [6, 6.07) is 17.3. The molecule has 1 aliphatic rings. The number of aromatic nitrogens is 1. The van der Waals surface area contributed by atoms with Crippen LogP contribution in [0.3, 0.4) is 0 Å². The predicted octanol–water partition coefficient (Wildman–Crippen LogP) is 3.36.